The van der Waals surface area contributed by atoms with Crippen LogP contribution in [0.25, 0.3) is 0 Å². The highest BCUT2D eigenvalue weighted by Crippen LogP contribution is 2.26. The Labute approximate surface area is 166 Å². The van der Waals surface area contributed by atoms with Gasteiger partial charge in [-0.1, -0.05) is 53.0 Å². The van der Waals surface area contributed by atoms with Crippen molar-refractivity contribution in [3.8, 4) is 5.75 Å². The lowest BCUT2D eigenvalue weighted by atomic mass is 10.2. The normalized spacial score (nSPS) is 10.6. The van der Waals surface area contributed by atoms with Crippen molar-refractivity contribution < 1.29 is 9.13 Å². The van der Waals surface area contributed by atoms with Gasteiger partial charge in [-0.25, -0.2) is 4.39 Å². The molecule has 134 valence electrons. The smallest absolute Gasteiger partial charge is 0.124 e. The molecule has 0 amide bonds. The molecular formula is C20H15Cl3FNO. The van der Waals surface area contributed by atoms with Crippen molar-refractivity contribution in [3.05, 3.63) is 92.7 Å². The van der Waals surface area contributed by atoms with Gasteiger partial charge in [-0.3, -0.25) is 0 Å². The summed E-state index contributed by atoms with van der Waals surface area (Å²) in [6.45, 7) is 0.891. The Hall–Kier alpha value is -1.94. The summed E-state index contributed by atoms with van der Waals surface area (Å²) in [6.07, 6.45) is 0. The molecule has 3 aromatic rings. The van der Waals surface area contributed by atoms with E-state index in [0.717, 1.165) is 16.8 Å². The number of hydrogen-bond donors (Lipinski definition) is 1. The molecule has 0 aliphatic carbocycles. The van der Waals surface area contributed by atoms with Crippen LogP contribution < -0.4 is 10.1 Å². The topological polar surface area (TPSA) is 21.3 Å². The van der Waals surface area contributed by atoms with Crippen LogP contribution in [0.5, 0.6) is 5.75 Å². The van der Waals surface area contributed by atoms with Gasteiger partial charge in [0.2, 0.25) is 0 Å². The first-order chi connectivity index (χ1) is 12.5. The largest absolute Gasteiger partial charge is 0.489 e. The summed E-state index contributed by atoms with van der Waals surface area (Å²) in [6, 6.07) is 17.2. The van der Waals surface area contributed by atoms with Crippen LogP contribution in [-0.4, -0.2) is 0 Å². The van der Waals surface area contributed by atoms with E-state index in [1.54, 1.807) is 18.2 Å². The molecule has 0 aromatic heterocycles. The maximum absolute atomic E-state index is 13.0. The number of rotatable bonds is 6. The molecule has 0 spiro atoms. The predicted octanol–water partition coefficient (Wildman–Crippen LogP) is 6.98. The van der Waals surface area contributed by atoms with Crippen LogP contribution in [0.4, 0.5) is 10.1 Å². The predicted molar refractivity (Wildman–Crippen MR) is 106 cm³/mol. The second-order valence-corrected chi connectivity index (χ2v) is 6.90. The Morgan fingerprint density at radius 1 is 0.846 bits per heavy atom. The third kappa shape index (κ3) is 5.04. The molecule has 0 atom stereocenters. The van der Waals surface area contributed by atoms with Gasteiger partial charge in [-0.2, -0.15) is 0 Å². The van der Waals surface area contributed by atoms with Crippen LogP contribution in [0.3, 0.4) is 0 Å². The van der Waals surface area contributed by atoms with E-state index < -0.39 is 0 Å². The van der Waals surface area contributed by atoms with E-state index in [-0.39, 0.29) is 12.4 Å². The zero-order valence-electron chi connectivity index (χ0n) is 13.6. The Kier molecular flexibility index (Phi) is 6.25. The fraction of sp³-hybridized carbons (Fsp3) is 0.100. The number of ether oxygens (including phenoxy) is 1. The van der Waals surface area contributed by atoms with Crippen molar-refractivity contribution in [2.45, 2.75) is 13.2 Å². The SMILES string of the molecule is Fc1ccc(COc2ccc(CNc3ccc(Cl)cc3Cl)cc2)c(Cl)c1. The molecular weight excluding hydrogens is 396 g/mol. The molecule has 0 bridgehead atoms. The monoisotopic (exact) mass is 409 g/mol. The summed E-state index contributed by atoms with van der Waals surface area (Å²) in [7, 11) is 0. The lowest BCUT2D eigenvalue weighted by molar-refractivity contribution is 0.306. The molecule has 0 aliphatic rings. The zero-order chi connectivity index (χ0) is 18.5. The van der Waals surface area contributed by atoms with E-state index in [2.05, 4.69) is 5.32 Å². The van der Waals surface area contributed by atoms with E-state index in [1.807, 2.05) is 30.3 Å². The number of nitrogens with one attached hydrogen (secondary N) is 1. The van der Waals surface area contributed by atoms with Gasteiger partial charge in [0.25, 0.3) is 0 Å². The highest BCUT2D eigenvalue weighted by molar-refractivity contribution is 6.36. The summed E-state index contributed by atoms with van der Waals surface area (Å²) < 4.78 is 18.7. The number of halogens is 4. The molecule has 26 heavy (non-hydrogen) atoms. The van der Waals surface area contributed by atoms with Crippen molar-refractivity contribution in [2.75, 3.05) is 5.32 Å². The molecule has 0 aliphatic heterocycles. The van der Waals surface area contributed by atoms with Gasteiger partial charge in [0, 0.05) is 17.1 Å². The van der Waals surface area contributed by atoms with Crippen molar-refractivity contribution in [1.82, 2.24) is 0 Å². The highest BCUT2D eigenvalue weighted by atomic mass is 35.5. The molecule has 2 nitrogen and oxygen atoms in total. The van der Waals surface area contributed by atoms with Crippen molar-refractivity contribution in [1.29, 1.82) is 0 Å². The molecule has 0 heterocycles. The molecule has 0 saturated heterocycles. The standard InChI is InChI=1S/C20H15Cl3FNO/c21-15-4-8-20(19(23)9-15)25-11-13-1-6-17(7-2-13)26-12-14-3-5-16(24)10-18(14)22/h1-10,25H,11-12H2. The molecule has 0 unspecified atom stereocenters. The van der Waals surface area contributed by atoms with E-state index in [0.29, 0.717) is 27.4 Å². The number of benzene rings is 3. The molecule has 3 aromatic carbocycles. The quantitative estimate of drug-likeness (QED) is 0.473. The molecule has 3 rings (SSSR count). The first-order valence-corrected chi connectivity index (χ1v) is 8.99. The lowest BCUT2D eigenvalue weighted by Crippen LogP contribution is -2.00. The van der Waals surface area contributed by atoms with E-state index in [4.69, 9.17) is 39.5 Å². The summed E-state index contributed by atoms with van der Waals surface area (Å²) in [5, 5.41) is 4.79. The summed E-state index contributed by atoms with van der Waals surface area (Å²) in [5.41, 5.74) is 2.63. The van der Waals surface area contributed by atoms with Gasteiger partial charge in [0.05, 0.1) is 15.7 Å². The van der Waals surface area contributed by atoms with Crippen LogP contribution in [0.1, 0.15) is 11.1 Å². The lowest BCUT2D eigenvalue weighted by Gasteiger charge is -2.11. The molecule has 0 radical (unpaired) electrons. The first kappa shape index (κ1) is 18.8. The Bertz CT molecular complexity index is 826. The van der Waals surface area contributed by atoms with Crippen LogP contribution >= 0.6 is 34.8 Å². The maximum atomic E-state index is 13.0. The Balaban J connectivity index is 1.56. The first-order valence-electron chi connectivity index (χ1n) is 7.86. The minimum atomic E-state index is -0.364. The maximum Gasteiger partial charge on any atom is 0.124 e. The van der Waals surface area contributed by atoms with Gasteiger partial charge < -0.3 is 10.1 Å². The highest BCUT2D eigenvalue weighted by Gasteiger charge is 2.04. The molecule has 1 N–H and O–H groups in total. The van der Waals surface area contributed by atoms with Crippen LogP contribution in [-0.2, 0) is 13.2 Å². The Morgan fingerprint density at radius 2 is 1.62 bits per heavy atom. The third-order valence-electron chi connectivity index (χ3n) is 3.75. The van der Waals surface area contributed by atoms with Crippen LogP contribution in [0.2, 0.25) is 15.1 Å². The van der Waals surface area contributed by atoms with E-state index in [9.17, 15) is 4.39 Å². The average Bonchev–Trinajstić information content (AvgIpc) is 2.61. The second-order valence-electron chi connectivity index (χ2n) is 5.65. The van der Waals surface area contributed by atoms with Crippen LogP contribution in [0, 0.1) is 5.82 Å². The van der Waals surface area contributed by atoms with Crippen LogP contribution in [0.15, 0.2) is 60.7 Å². The minimum absolute atomic E-state index is 0.275. The second kappa shape index (κ2) is 8.63. The molecule has 6 heteroatoms. The van der Waals surface area contributed by atoms with Crippen molar-refractivity contribution in [3.63, 3.8) is 0 Å². The number of anilines is 1. The van der Waals surface area contributed by atoms with Crippen molar-refractivity contribution >= 4 is 40.5 Å². The zero-order valence-corrected chi connectivity index (χ0v) is 15.9. The van der Waals surface area contributed by atoms with E-state index in [1.165, 1.54) is 12.1 Å². The van der Waals surface area contributed by atoms with Gasteiger partial charge >= 0.3 is 0 Å². The summed E-state index contributed by atoms with van der Waals surface area (Å²) >= 11 is 18.0. The molecule has 0 fully saturated rings. The van der Waals surface area contributed by atoms with Gasteiger partial charge in [-0.15, -0.1) is 0 Å². The van der Waals surface area contributed by atoms with E-state index >= 15 is 0 Å². The van der Waals surface area contributed by atoms with Gasteiger partial charge in [-0.05, 0) is 48.0 Å². The average molecular weight is 411 g/mol. The fourth-order valence-corrected chi connectivity index (χ4v) is 3.03. The van der Waals surface area contributed by atoms with Gasteiger partial charge in [0.15, 0.2) is 0 Å². The fourth-order valence-electron chi connectivity index (χ4n) is 2.33. The van der Waals surface area contributed by atoms with Crippen molar-refractivity contribution in [2.24, 2.45) is 0 Å². The Morgan fingerprint density at radius 3 is 2.31 bits per heavy atom. The summed E-state index contributed by atoms with van der Waals surface area (Å²) in [4.78, 5) is 0. The number of hydrogen-bond acceptors (Lipinski definition) is 2. The minimum Gasteiger partial charge on any atom is -0.489 e. The summed E-state index contributed by atoms with van der Waals surface area (Å²) in [5.74, 6) is 0.343. The van der Waals surface area contributed by atoms with Gasteiger partial charge in [0.1, 0.15) is 18.2 Å². The third-order valence-corrected chi connectivity index (χ3v) is 4.65. The molecule has 0 saturated carbocycles.